The van der Waals surface area contributed by atoms with E-state index in [1.54, 1.807) is 24.8 Å². The average Bonchev–Trinajstić information content (AvgIpc) is 2.70. The van der Waals surface area contributed by atoms with Gasteiger partial charge in [-0.05, 0) is 39.0 Å². The number of nitrogens with one attached hydrogen (secondary N) is 2. The number of esters is 1. The number of ether oxygens (including phenoxy) is 1. The standard InChI is InChI=1S/C17H22ClN3O4/c1-10(2)25-16(23)13-8-12(4-5-14(13)18)20-17(24)21-7-6-15(22)19-9-11(21)3/h4-5,8,10-11H,6-7,9H2,1-3H3,(H,19,22)(H,20,24)/t11-/m1/s1. The van der Waals surface area contributed by atoms with Crippen LogP contribution in [0, 0.1) is 0 Å². The van der Waals surface area contributed by atoms with Gasteiger partial charge in [0, 0.05) is 31.2 Å². The first-order chi connectivity index (χ1) is 11.8. The Labute approximate surface area is 151 Å². The van der Waals surface area contributed by atoms with Gasteiger partial charge in [-0.25, -0.2) is 9.59 Å². The maximum Gasteiger partial charge on any atom is 0.339 e. The number of hydrogen-bond acceptors (Lipinski definition) is 4. The van der Waals surface area contributed by atoms with Crippen molar-refractivity contribution in [3.63, 3.8) is 0 Å². The monoisotopic (exact) mass is 367 g/mol. The van der Waals surface area contributed by atoms with E-state index in [2.05, 4.69) is 10.6 Å². The van der Waals surface area contributed by atoms with E-state index < -0.39 is 5.97 Å². The second-order valence-corrected chi connectivity index (χ2v) is 6.58. The van der Waals surface area contributed by atoms with Gasteiger partial charge in [0.15, 0.2) is 0 Å². The first kappa shape index (κ1) is 19.1. The number of rotatable bonds is 3. The highest BCUT2D eigenvalue weighted by molar-refractivity contribution is 6.33. The van der Waals surface area contributed by atoms with E-state index in [9.17, 15) is 14.4 Å². The first-order valence-electron chi connectivity index (χ1n) is 8.12. The molecular formula is C17H22ClN3O4. The minimum atomic E-state index is -0.547. The number of carbonyl (C=O) groups is 3. The van der Waals surface area contributed by atoms with Gasteiger partial charge in [0.1, 0.15) is 0 Å². The van der Waals surface area contributed by atoms with Crippen molar-refractivity contribution in [1.29, 1.82) is 0 Å². The van der Waals surface area contributed by atoms with Crippen molar-refractivity contribution in [3.8, 4) is 0 Å². The van der Waals surface area contributed by atoms with Crippen molar-refractivity contribution in [3.05, 3.63) is 28.8 Å². The van der Waals surface area contributed by atoms with Crippen molar-refractivity contribution in [2.45, 2.75) is 39.3 Å². The molecule has 2 N–H and O–H groups in total. The van der Waals surface area contributed by atoms with E-state index in [0.29, 0.717) is 18.8 Å². The molecule has 0 radical (unpaired) electrons. The third-order valence-electron chi connectivity index (χ3n) is 3.75. The number of halogens is 1. The zero-order chi connectivity index (χ0) is 18.6. The van der Waals surface area contributed by atoms with Crippen LogP contribution in [0.4, 0.5) is 10.5 Å². The summed E-state index contributed by atoms with van der Waals surface area (Å²) < 4.78 is 5.15. The van der Waals surface area contributed by atoms with Crippen LogP contribution < -0.4 is 10.6 Å². The Balaban J connectivity index is 2.12. The molecule has 1 fully saturated rings. The van der Waals surface area contributed by atoms with E-state index in [0.717, 1.165) is 0 Å². The van der Waals surface area contributed by atoms with E-state index >= 15 is 0 Å². The highest BCUT2D eigenvalue weighted by Gasteiger charge is 2.25. The summed E-state index contributed by atoms with van der Waals surface area (Å²) in [6.07, 6.45) is -0.0190. The third-order valence-corrected chi connectivity index (χ3v) is 4.08. The van der Waals surface area contributed by atoms with Crippen molar-refractivity contribution in [2.24, 2.45) is 0 Å². The van der Waals surface area contributed by atoms with Gasteiger partial charge in [0.25, 0.3) is 0 Å². The number of urea groups is 1. The Morgan fingerprint density at radius 1 is 1.40 bits per heavy atom. The molecule has 0 unspecified atom stereocenters. The van der Waals surface area contributed by atoms with Crippen LogP contribution in [0.3, 0.4) is 0 Å². The summed E-state index contributed by atoms with van der Waals surface area (Å²) in [6, 6.07) is 4.15. The van der Waals surface area contributed by atoms with Gasteiger partial charge in [0.2, 0.25) is 5.91 Å². The second kappa shape index (κ2) is 8.20. The quantitative estimate of drug-likeness (QED) is 0.804. The summed E-state index contributed by atoms with van der Waals surface area (Å²) in [4.78, 5) is 37.6. The smallest absolute Gasteiger partial charge is 0.339 e. The van der Waals surface area contributed by atoms with Crippen LogP contribution in [0.25, 0.3) is 0 Å². The van der Waals surface area contributed by atoms with E-state index in [-0.39, 0.29) is 41.1 Å². The van der Waals surface area contributed by atoms with Gasteiger partial charge in [-0.3, -0.25) is 4.79 Å². The molecular weight excluding hydrogens is 346 g/mol. The molecule has 3 amide bonds. The van der Waals surface area contributed by atoms with Crippen LogP contribution in [-0.2, 0) is 9.53 Å². The summed E-state index contributed by atoms with van der Waals surface area (Å²) in [7, 11) is 0. The Bertz CT molecular complexity index is 678. The molecule has 25 heavy (non-hydrogen) atoms. The maximum absolute atomic E-state index is 12.5. The predicted molar refractivity (Wildman–Crippen MR) is 94.8 cm³/mol. The predicted octanol–water partition coefficient (Wildman–Crippen LogP) is 2.65. The molecule has 0 saturated carbocycles. The number of hydrogen-bond donors (Lipinski definition) is 2. The third kappa shape index (κ3) is 5.09. The summed E-state index contributed by atoms with van der Waals surface area (Å²) in [5.74, 6) is -0.624. The largest absolute Gasteiger partial charge is 0.459 e. The minimum Gasteiger partial charge on any atom is -0.459 e. The molecule has 0 aromatic heterocycles. The second-order valence-electron chi connectivity index (χ2n) is 6.18. The van der Waals surface area contributed by atoms with Crippen molar-refractivity contribution in [1.82, 2.24) is 10.2 Å². The highest BCUT2D eigenvalue weighted by Crippen LogP contribution is 2.22. The number of benzene rings is 1. The van der Waals surface area contributed by atoms with E-state index in [1.807, 2.05) is 6.92 Å². The van der Waals surface area contributed by atoms with E-state index in [1.165, 1.54) is 12.1 Å². The van der Waals surface area contributed by atoms with Gasteiger partial charge in [0.05, 0.1) is 16.7 Å². The van der Waals surface area contributed by atoms with Gasteiger partial charge >= 0.3 is 12.0 Å². The Morgan fingerprint density at radius 2 is 2.12 bits per heavy atom. The maximum atomic E-state index is 12.5. The summed E-state index contributed by atoms with van der Waals surface area (Å²) in [6.45, 7) is 6.08. The Kier molecular flexibility index (Phi) is 6.25. The molecule has 1 aliphatic rings. The van der Waals surface area contributed by atoms with Gasteiger partial charge in [-0.2, -0.15) is 0 Å². The number of anilines is 1. The summed E-state index contributed by atoms with van der Waals surface area (Å²) in [5, 5.41) is 5.75. The van der Waals surface area contributed by atoms with Gasteiger partial charge in [-0.1, -0.05) is 11.6 Å². The van der Waals surface area contributed by atoms with Crippen molar-refractivity contribution >= 4 is 35.2 Å². The average molecular weight is 368 g/mol. The van der Waals surface area contributed by atoms with Gasteiger partial charge in [-0.15, -0.1) is 0 Å². The van der Waals surface area contributed by atoms with Crippen LogP contribution in [0.15, 0.2) is 18.2 Å². The lowest BCUT2D eigenvalue weighted by Crippen LogP contribution is -2.44. The molecule has 1 saturated heterocycles. The summed E-state index contributed by atoms with van der Waals surface area (Å²) in [5.41, 5.74) is 0.620. The normalized spacial score (nSPS) is 17.7. The fourth-order valence-electron chi connectivity index (χ4n) is 2.44. The zero-order valence-electron chi connectivity index (χ0n) is 14.5. The number of carbonyl (C=O) groups excluding carboxylic acids is 3. The molecule has 8 heteroatoms. The van der Waals surface area contributed by atoms with Crippen molar-refractivity contribution in [2.75, 3.05) is 18.4 Å². The lowest BCUT2D eigenvalue weighted by molar-refractivity contribution is -0.120. The number of amides is 3. The molecule has 1 heterocycles. The van der Waals surface area contributed by atoms with Crippen LogP contribution in [0.2, 0.25) is 5.02 Å². The van der Waals surface area contributed by atoms with Crippen LogP contribution in [-0.4, -0.2) is 48.0 Å². The zero-order valence-corrected chi connectivity index (χ0v) is 15.2. The summed E-state index contributed by atoms with van der Waals surface area (Å²) >= 11 is 6.05. The lowest BCUT2D eigenvalue weighted by atomic mass is 10.2. The van der Waals surface area contributed by atoms with E-state index in [4.69, 9.17) is 16.3 Å². The molecule has 0 bridgehead atoms. The molecule has 136 valence electrons. The molecule has 7 nitrogen and oxygen atoms in total. The topological polar surface area (TPSA) is 87.7 Å². The SMILES string of the molecule is CC(C)OC(=O)c1cc(NC(=O)N2CCC(=O)NC[C@H]2C)ccc1Cl. The fraction of sp³-hybridized carbons (Fsp3) is 0.471. The van der Waals surface area contributed by atoms with Crippen LogP contribution >= 0.6 is 11.6 Å². The van der Waals surface area contributed by atoms with Gasteiger partial charge < -0.3 is 20.3 Å². The molecule has 0 aliphatic carbocycles. The minimum absolute atomic E-state index is 0.0765. The van der Waals surface area contributed by atoms with Crippen LogP contribution in [0.1, 0.15) is 37.6 Å². The Morgan fingerprint density at radius 3 is 2.80 bits per heavy atom. The highest BCUT2D eigenvalue weighted by atomic mass is 35.5. The molecule has 1 aromatic rings. The molecule has 2 rings (SSSR count). The first-order valence-corrected chi connectivity index (χ1v) is 8.50. The molecule has 1 atom stereocenters. The fourth-order valence-corrected chi connectivity index (χ4v) is 2.63. The molecule has 1 aromatic carbocycles. The Hall–Kier alpha value is -2.28. The lowest BCUT2D eigenvalue weighted by Gasteiger charge is -2.26. The number of nitrogens with zero attached hydrogens (tertiary/aromatic N) is 1. The van der Waals surface area contributed by atoms with Crippen molar-refractivity contribution < 1.29 is 19.1 Å². The molecule has 1 aliphatic heterocycles. The van der Waals surface area contributed by atoms with Crippen LogP contribution in [0.5, 0.6) is 0 Å². The molecule has 0 spiro atoms.